The van der Waals surface area contributed by atoms with E-state index in [4.69, 9.17) is 37.0 Å². The molecular formula is C69H130O17P2. The third-order valence-electron chi connectivity index (χ3n) is 15.6. The number of rotatable bonds is 65. The Bertz CT molecular complexity index is 1830. The number of carbonyl (C=O) groups is 4. The second kappa shape index (κ2) is 59.5. The number of hydrogen-bond donors (Lipinski definition) is 3. The van der Waals surface area contributed by atoms with Gasteiger partial charge < -0.3 is 33.8 Å². The molecule has 0 bridgehead atoms. The van der Waals surface area contributed by atoms with Gasteiger partial charge in [0.05, 0.1) is 26.4 Å². The molecule has 0 rings (SSSR count). The lowest BCUT2D eigenvalue weighted by Crippen LogP contribution is -2.30. The molecule has 17 nitrogen and oxygen atoms in total. The van der Waals surface area contributed by atoms with Gasteiger partial charge in [0.25, 0.3) is 0 Å². The zero-order valence-electron chi connectivity index (χ0n) is 56.7. The van der Waals surface area contributed by atoms with Gasteiger partial charge in [-0.2, -0.15) is 0 Å². The highest BCUT2D eigenvalue weighted by Gasteiger charge is 2.30. The van der Waals surface area contributed by atoms with Crippen LogP contribution in [0.25, 0.3) is 0 Å². The molecule has 88 heavy (non-hydrogen) atoms. The summed E-state index contributed by atoms with van der Waals surface area (Å²) in [6.45, 7) is 11.7. The van der Waals surface area contributed by atoms with Gasteiger partial charge in [0.2, 0.25) is 0 Å². The fourth-order valence-corrected chi connectivity index (χ4v) is 11.4. The van der Waals surface area contributed by atoms with Crippen molar-refractivity contribution in [3.8, 4) is 0 Å². The number of ether oxygens (including phenoxy) is 4. The van der Waals surface area contributed by atoms with Crippen molar-refractivity contribution in [1.82, 2.24) is 0 Å². The second-order valence-electron chi connectivity index (χ2n) is 25.4. The maximum atomic E-state index is 13.0. The Balaban J connectivity index is 5.29. The molecule has 0 aliphatic carbocycles. The third kappa shape index (κ3) is 61.1. The summed E-state index contributed by atoms with van der Waals surface area (Å²) >= 11 is 0. The van der Waals surface area contributed by atoms with Gasteiger partial charge in [0.15, 0.2) is 12.2 Å². The normalized spacial score (nSPS) is 14.7. The van der Waals surface area contributed by atoms with E-state index in [0.717, 1.165) is 120 Å². The first-order valence-electron chi connectivity index (χ1n) is 35.2. The van der Waals surface area contributed by atoms with Crippen LogP contribution in [0.15, 0.2) is 24.3 Å². The van der Waals surface area contributed by atoms with Gasteiger partial charge in [-0.3, -0.25) is 37.3 Å². The Morgan fingerprint density at radius 1 is 0.375 bits per heavy atom. The van der Waals surface area contributed by atoms with Crippen LogP contribution in [0, 0.1) is 17.8 Å². The van der Waals surface area contributed by atoms with Crippen molar-refractivity contribution < 1.29 is 80.2 Å². The SMILES string of the molecule is CCCCCC/C=C\C=C/CCCCCCCC(=O)O[C@H](COC(=O)CCCCCCCCCCCC(C)C)COP(=O)(O)OCC(O)COP(=O)(O)OC[C@@H](COC(=O)CCCCCCCCCCC(C)C)OC(=O)CCCCCCCCC(C)CC. The lowest BCUT2D eigenvalue weighted by atomic mass is 10.00. The quantitative estimate of drug-likeness (QED) is 0.0169. The van der Waals surface area contributed by atoms with Crippen molar-refractivity contribution in [2.24, 2.45) is 17.8 Å². The predicted octanol–water partition coefficient (Wildman–Crippen LogP) is 19.0. The summed E-state index contributed by atoms with van der Waals surface area (Å²) in [5, 5.41) is 10.6. The molecule has 0 aliphatic heterocycles. The fourth-order valence-electron chi connectivity index (χ4n) is 9.79. The molecule has 0 aromatic heterocycles. The number of aliphatic hydroxyl groups is 1. The minimum Gasteiger partial charge on any atom is -0.462 e. The summed E-state index contributed by atoms with van der Waals surface area (Å²) in [6.07, 6.45) is 45.4. The van der Waals surface area contributed by atoms with E-state index in [1.807, 2.05) is 0 Å². The van der Waals surface area contributed by atoms with Crippen molar-refractivity contribution in [3.63, 3.8) is 0 Å². The summed E-state index contributed by atoms with van der Waals surface area (Å²) in [5.74, 6) is 0.0217. The Kier molecular flexibility index (Phi) is 57.9. The van der Waals surface area contributed by atoms with Crippen molar-refractivity contribution in [2.45, 2.75) is 336 Å². The van der Waals surface area contributed by atoms with Gasteiger partial charge in [0.1, 0.15) is 19.3 Å². The van der Waals surface area contributed by atoms with Crippen LogP contribution < -0.4 is 0 Å². The maximum absolute atomic E-state index is 13.0. The number of esters is 4. The zero-order valence-corrected chi connectivity index (χ0v) is 58.5. The Morgan fingerprint density at radius 3 is 1.01 bits per heavy atom. The van der Waals surface area contributed by atoms with Gasteiger partial charge >= 0.3 is 39.5 Å². The molecule has 0 aromatic rings. The van der Waals surface area contributed by atoms with Crippen LogP contribution in [0.2, 0.25) is 0 Å². The summed E-state index contributed by atoms with van der Waals surface area (Å²) in [4.78, 5) is 72.4. The first-order chi connectivity index (χ1) is 42.3. The first kappa shape index (κ1) is 85.5. The molecule has 3 N–H and O–H groups in total. The number of aliphatic hydroxyl groups excluding tert-OH is 1. The molecule has 6 atom stereocenters. The lowest BCUT2D eigenvalue weighted by Gasteiger charge is -2.21. The summed E-state index contributed by atoms with van der Waals surface area (Å²) in [5.41, 5.74) is 0. The first-order valence-corrected chi connectivity index (χ1v) is 38.2. The zero-order chi connectivity index (χ0) is 65.2. The smallest absolute Gasteiger partial charge is 0.462 e. The molecule has 0 saturated heterocycles. The Labute approximate surface area is 535 Å². The molecule has 0 aromatic carbocycles. The van der Waals surface area contributed by atoms with Crippen molar-refractivity contribution in [3.05, 3.63) is 24.3 Å². The van der Waals surface area contributed by atoms with Crippen LogP contribution in [0.3, 0.4) is 0 Å². The van der Waals surface area contributed by atoms with Gasteiger partial charge in [0, 0.05) is 25.7 Å². The fraction of sp³-hybridized carbons (Fsp3) is 0.884. The molecule has 0 fully saturated rings. The molecular weight excluding hydrogens is 1160 g/mol. The van der Waals surface area contributed by atoms with Crippen LogP contribution in [0.1, 0.15) is 318 Å². The average Bonchev–Trinajstić information content (AvgIpc) is 3.53. The molecule has 518 valence electrons. The van der Waals surface area contributed by atoms with Gasteiger partial charge in [-0.05, 0) is 69.1 Å². The van der Waals surface area contributed by atoms with E-state index < -0.39 is 97.5 Å². The lowest BCUT2D eigenvalue weighted by molar-refractivity contribution is -0.161. The van der Waals surface area contributed by atoms with E-state index in [-0.39, 0.29) is 25.7 Å². The number of phosphoric ester groups is 2. The van der Waals surface area contributed by atoms with Crippen molar-refractivity contribution >= 4 is 39.5 Å². The Hall–Kier alpha value is -2.46. The standard InChI is InChI=1S/C69H130O17P2/c1-8-10-11-12-13-14-15-16-17-18-19-22-30-38-45-52-68(73)85-64(56-79-66(71)50-43-36-28-23-20-21-26-33-40-47-60(3)4)58-83-87(75,76)81-54-63(70)55-82-88(77,78)84-59-65(86-69(74)53-46-39-32-31-35-42-49-62(7)9-2)57-80-67(72)51-44-37-29-25-24-27-34-41-48-61(5)6/h14-17,60-65,70H,8-13,18-59H2,1-7H3,(H,75,76)(H,77,78)/b15-14-,17-16-/t62?,63?,64-,65-/m1/s1. The number of phosphoric acid groups is 2. The topological polar surface area (TPSA) is 237 Å². The molecule has 19 heteroatoms. The van der Waals surface area contributed by atoms with E-state index in [1.54, 1.807) is 0 Å². The van der Waals surface area contributed by atoms with Gasteiger partial charge in [-0.1, -0.05) is 265 Å². The molecule has 0 aliphatic rings. The monoisotopic (exact) mass is 1290 g/mol. The molecule has 0 radical (unpaired) electrons. The summed E-state index contributed by atoms with van der Waals surface area (Å²) in [7, 11) is -9.91. The van der Waals surface area contributed by atoms with E-state index in [1.165, 1.54) is 116 Å². The van der Waals surface area contributed by atoms with Gasteiger partial charge in [-0.15, -0.1) is 0 Å². The van der Waals surface area contributed by atoms with E-state index in [0.29, 0.717) is 25.7 Å². The highest BCUT2D eigenvalue weighted by molar-refractivity contribution is 7.47. The predicted molar refractivity (Wildman–Crippen MR) is 354 cm³/mol. The Morgan fingerprint density at radius 2 is 0.670 bits per heavy atom. The van der Waals surface area contributed by atoms with E-state index in [9.17, 15) is 43.2 Å². The molecule has 4 unspecified atom stereocenters. The average molecular weight is 1290 g/mol. The summed E-state index contributed by atoms with van der Waals surface area (Å²) in [6, 6.07) is 0. The van der Waals surface area contributed by atoms with E-state index in [2.05, 4.69) is 72.8 Å². The highest BCUT2D eigenvalue weighted by Crippen LogP contribution is 2.45. The maximum Gasteiger partial charge on any atom is 0.472 e. The second-order valence-corrected chi connectivity index (χ2v) is 28.3. The highest BCUT2D eigenvalue weighted by atomic mass is 31.2. The van der Waals surface area contributed by atoms with Crippen LogP contribution in [-0.2, 0) is 65.4 Å². The number of allylic oxidation sites excluding steroid dienone is 4. The minimum atomic E-state index is -4.96. The van der Waals surface area contributed by atoms with Crippen molar-refractivity contribution in [1.29, 1.82) is 0 Å². The minimum absolute atomic E-state index is 0.0840. The third-order valence-corrected chi connectivity index (χ3v) is 17.5. The van der Waals surface area contributed by atoms with Crippen molar-refractivity contribution in [2.75, 3.05) is 39.6 Å². The largest absolute Gasteiger partial charge is 0.472 e. The van der Waals surface area contributed by atoms with Crippen LogP contribution >= 0.6 is 15.6 Å². The van der Waals surface area contributed by atoms with Crippen LogP contribution in [0.5, 0.6) is 0 Å². The molecule has 0 spiro atoms. The molecule has 0 heterocycles. The number of carbonyl (C=O) groups excluding carboxylic acids is 4. The van der Waals surface area contributed by atoms with Crippen LogP contribution in [0.4, 0.5) is 0 Å². The summed E-state index contributed by atoms with van der Waals surface area (Å²) < 4.78 is 68.2. The molecule has 0 saturated carbocycles. The number of unbranched alkanes of at least 4 members (excludes halogenated alkanes) is 29. The van der Waals surface area contributed by atoms with Gasteiger partial charge in [-0.25, -0.2) is 9.13 Å². The molecule has 0 amide bonds. The number of hydrogen-bond acceptors (Lipinski definition) is 15. The van der Waals surface area contributed by atoms with E-state index >= 15 is 0 Å². The van der Waals surface area contributed by atoms with Crippen LogP contribution in [-0.4, -0.2) is 96.7 Å².